The second-order valence-corrected chi connectivity index (χ2v) is 6.12. The summed E-state index contributed by atoms with van der Waals surface area (Å²) in [5.41, 5.74) is 2.47. The fourth-order valence-electron chi connectivity index (χ4n) is 3.17. The van der Waals surface area contributed by atoms with Gasteiger partial charge in [-0.1, -0.05) is 6.92 Å². The van der Waals surface area contributed by atoms with Crippen molar-refractivity contribution in [1.82, 2.24) is 15.1 Å². The maximum Gasteiger partial charge on any atom is 0.131 e. The van der Waals surface area contributed by atoms with E-state index in [0.29, 0.717) is 0 Å². The third kappa shape index (κ3) is 4.20. The molecule has 1 aliphatic heterocycles. The molecule has 0 atom stereocenters. The Morgan fingerprint density at radius 3 is 2.76 bits per heavy atom. The lowest BCUT2D eigenvalue weighted by atomic mass is 10.00. The maximum absolute atomic E-state index is 5.46. The molecule has 0 unspecified atom stereocenters. The van der Waals surface area contributed by atoms with Gasteiger partial charge in [-0.05, 0) is 38.6 Å². The van der Waals surface area contributed by atoms with E-state index in [9.17, 15) is 0 Å². The lowest BCUT2D eigenvalue weighted by Gasteiger charge is -2.29. The van der Waals surface area contributed by atoms with Crippen molar-refractivity contribution in [1.29, 1.82) is 0 Å². The van der Waals surface area contributed by atoms with E-state index in [2.05, 4.69) is 36.2 Å². The molecule has 1 saturated heterocycles. The summed E-state index contributed by atoms with van der Waals surface area (Å²) >= 11 is 0. The van der Waals surface area contributed by atoms with Crippen molar-refractivity contribution in [2.24, 2.45) is 13.0 Å². The van der Waals surface area contributed by atoms with E-state index in [-0.39, 0.29) is 0 Å². The number of rotatable bonds is 7. The Morgan fingerprint density at radius 1 is 1.38 bits per heavy atom. The zero-order chi connectivity index (χ0) is 15.2. The molecule has 2 heterocycles. The van der Waals surface area contributed by atoms with Crippen LogP contribution in [0.1, 0.15) is 37.4 Å². The van der Waals surface area contributed by atoms with Gasteiger partial charge in [0.25, 0.3) is 0 Å². The Bertz CT molecular complexity index is 438. The second kappa shape index (κ2) is 7.80. The lowest BCUT2D eigenvalue weighted by Crippen LogP contribution is -2.31. The maximum atomic E-state index is 5.46. The first-order valence-electron chi connectivity index (χ1n) is 8.15. The summed E-state index contributed by atoms with van der Waals surface area (Å²) in [4.78, 5) is 2.37. The van der Waals surface area contributed by atoms with Crippen LogP contribution in [0.25, 0.3) is 0 Å². The average Bonchev–Trinajstić information content (AvgIpc) is 2.74. The summed E-state index contributed by atoms with van der Waals surface area (Å²) in [6.07, 6.45) is 3.50. The van der Waals surface area contributed by atoms with Gasteiger partial charge in [0.2, 0.25) is 0 Å². The molecule has 0 saturated carbocycles. The highest BCUT2D eigenvalue weighted by atomic mass is 16.5. The Balaban J connectivity index is 2.05. The van der Waals surface area contributed by atoms with Crippen molar-refractivity contribution >= 4 is 5.82 Å². The highest BCUT2D eigenvalue weighted by Crippen LogP contribution is 2.25. The summed E-state index contributed by atoms with van der Waals surface area (Å²) in [6, 6.07) is 0. The van der Waals surface area contributed by atoms with E-state index >= 15 is 0 Å². The van der Waals surface area contributed by atoms with E-state index in [1.165, 1.54) is 24.2 Å². The van der Waals surface area contributed by atoms with Crippen molar-refractivity contribution < 1.29 is 4.74 Å². The van der Waals surface area contributed by atoms with Gasteiger partial charge in [0, 0.05) is 46.0 Å². The van der Waals surface area contributed by atoms with Crippen LogP contribution in [-0.2, 0) is 18.3 Å². The van der Waals surface area contributed by atoms with Crippen LogP contribution in [0.2, 0.25) is 0 Å². The Kier molecular flexibility index (Phi) is 6.06. The fraction of sp³-hybridized carbons (Fsp3) is 0.812. The number of aryl methyl sites for hydroxylation is 2. The minimum Gasteiger partial charge on any atom is -0.381 e. The summed E-state index contributed by atoms with van der Waals surface area (Å²) in [5.74, 6) is 1.98. The number of nitrogens with zero attached hydrogens (tertiary/aromatic N) is 3. The summed E-state index contributed by atoms with van der Waals surface area (Å²) in [7, 11) is 4.24. The largest absolute Gasteiger partial charge is 0.381 e. The molecule has 1 fully saturated rings. The number of hydrogen-bond acceptors (Lipinski definition) is 4. The molecule has 5 nitrogen and oxygen atoms in total. The monoisotopic (exact) mass is 294 g/mol. The van der Waals surface area contributed by atoms with Gasteiger partial charge in [-0.3, -0.25) is 4.68 Å². The molecule has 1 aliphatic rings. The average molecular weight is 294 g/mol. The van der Waals surface area contributed by atoms with Crippen molar-refractivity contribution in [2.45, 2.75) is 39.7 Å². The molecule has 0 spiro atoms. The molecular formula is C16H30N4O. The van der Waals surface area contributed by atoms with Crippen LogP contribution in [0, 0.1) is 12.8 Å². The van der Waals surface area contributed by atoms with Crippen molar-refractivity contribution in [3.05, 3.63) is 11.3 Å². The molecule has 21 heavy (non-hydrogen) atoms. The van der Waals surface area contributed by atoms with Crippen molar-refractivity contribution in [2.75, 3.05) is 38.3 Å². The summed E-state index contributed by atoms with van der Waals surface area (Å²) in [6.45, 7) is 9.17. The van der Waals surface area contributed by atoms with Crippen LogP contribution in [0.5, 0.6) is 0 Å². The van der Waals surface area contributed by atoms with Crippen LogP contribution >= 0.6 is 0 Å². The third-order valence-corrected chi connectivity index (χ3v) is 4.28. The number of aromatic nitrogens is 2. The first-order valence-corrected chi connectivity index (χ1v) is 8.15. The van der Waals surface area contributed by atoms with Crippen LogP contribution in [-0.4, -0.2) is 43.1 Å². The standard InChI is InChI=1S/C16H30N4O/c1-5-8-17-11-15-13(2)18-20(4)16(15)19(3)12-14-6-9-21-10-7-14/h14,17H,5-12H2,1-4H3. The first-order chi connectivity index (χ1) is 10.1. The molecule has 0 bridgehead atoms. The molecule has 1 N–H and O–H groups in total. The predicted octanol–water partition coefficient (Wildman–Crippen LogP) is 2.09. The zero-order valence-corrected chi connectivity index (χ0v) is 14.0. The van der Waals surface area contributed by atoms with E-state index in [1.54, 1.807) is 0 Å². The molecule has 1 aromatic rings. The van der Waals surface area contributed by atoms with Gasteiger partial charge in [0.05, 0.1) is 5.69 Å². The van der Waals surface area contributed by atoms with E-state index in [4.69, 9.17) is 4.74 Å². The molecular weight excluding hydrogens is 264 g/mol. The molecule has 1 aromatic heterocycles. The summed E-state index contributed by atoms with van der Waals surface area (Å²) in [5, 5.41) is 8.12. The molecule has 2 rings (SSSR count). The molecule has 0 radical (unpaired) electrons. The smallest absolute Gasteiger partial charge is 0.131 e. The second-order valence-electron chi connectivity index (χ2n) is 6.12. The molecule has 0 aromatic carbocycles. The Morgan fingerprint density at radius 2 is 2.10 bits per heavy atom. The minimum atomic E-state index is 0.732. The van der Waals surface area contributed by atoms with Crippen LogP contribution in [0.3, 0.4) is 0 Å². The quantitative estimate of drug-likeness (QED) is 0.782. The van der Waals surface area contributed by atoms with Gasteiger partial charge in [-0.2, -0.15) is 5.10 Å². The summed E-state index contributed by atoms with van der Waals surface area (Å²) < 4.78 is 7.48. The first kappa shape index (κ1) is 16.3. The van der Waals surface area contributed by atoms with Gasteiger partial charge >= 0.3 is 0 Å². The van der Waals surface area contributed by atoms with Gasteiger partial charge in [0.1, 0.15) is 5.82 Å². The van der Waals surface area contributed by atoms with E-state index < -0.39 is 0 Å². The van der Waals surface area contributed by atoms with Crippen molar-refractivity contribution in [3.63, 3.8) is 0 Å². The van der Waals surface area contributed by atoms with Crippen molar-refractivity contribution in [3.8, 4) is 0 Å². The Hall–Kier alpha value is -1.07. The van der Waals surface area contributed by atoms with E-state index in [0.717, 1.165) is 50.9 Å². The van der Waals surface area contributed by atoms with Crippen LogP contribution < -0.4 is 10.2 Å². The van der Waals surface area contributed by atoms with Gasteiger partial charge in [0.15, 0.2) is 0 Å². The molecule has 120 valence electrons. The number of ether oxygens (including phenoxy) is 1. The zero-order valence-electron chi connectivity index (χ0n) is 14.0. The fourth-order valence-corrected chi connectivity index (χ4v) is 3.17. The predicted molar refractivity (Wildman–Crippen MR) is 86.8 cm³/mol. The van der Waals surface area contributed by atoms with Crippen LogP contribution in [0.4, 0.5) is 5.82 Å². The van der Waals surface area contributed by atoms with E-state index in [1.807, 2.05) is 11.7 Å². The third-order valence-electron chi connectivity index (χ3n) is 4.28. The van der Waals surface area contributed by atoms with Gasteiger partial charge in [-0.15, -0.1) is 0 Å². The molecule has 0 aliphatic carbocycles. The molecule has 0 amide bonds. The number of anilines is 1. The lowest BCUT2D eigenvalue weighted by molar-refractivity contribution is 0.0684. The number of hydrogen-bond donors (Lipinski definition) is 1. The van der Waals surface area contributed by atoms with Crippen LogP contribution in [0.15, 0.2) is 0 Å². The highest BCUT2D eigenvalue weighted by Gasteiger charge is 2.21. The highest BCUT2D eigenvalue weighted by molar-refractivity contribution is 5.49. The van der Waals surface area contributed by atoms with Gasteiger partial charge < -0.3 is 15.0 Å². The SMILES string of the molecule is CCCNCc1c(C)nn(C)c1N(C)CC1CCOCC1. The minimum absolute atomic E-state index is 0.732. The number of nitrogens with one attached hydrogen (secondary N) is 1. The normalized spacial score (nSPS) is 16.4. The Labute approximate surface area is 128 Å². The topological polar surface area (TPSA) is 42.3 Å². The molecule has 5 heteroatoms. The van der Waals surface area contributed by atoms with Gasteiger partial charge in [-0.25, -0.2) is 0 Å².